The summed E-state index contributed by atoms with van der Waals surface area (Å²) in [6.45, 7) is 4.48. The summed E-state index contributed by atoms with van der Waals surface area (Å²) in [5, 5.41) is 24.2. The number of aliphatic hydroxyl groups excluding tert-OH is 1. The summed E-state index contributed by atoms with van der Waals surface area (Å²) in [6, 6.07) is 20.0. The molecule has 308 valence electrons. The third kappa shape index (κ3) is 6.35. The highest BCUT2D eigenvalue weighted by molar-refractivity contribution is 6.10. The third-order valence-corrected chi connectivity index (χ3v) is 15.1. The van der Waals surface area contributed by atoms with Crippen molar-refractivity contribution in [2.24, 2.45) is 33.5 Å². The molecule has 58 heavy (non-hydrogen) atoms. The first-order valence-corrected chi connectivity index (χ1v) is 20.3. The molecule has 3 fully saturated rings. The van der Waals surface area contributed by atoms with Gasteiger partial charge in [0.15, 0.2) is 17.3 Å². The minimum Gasteiger partial charge on any atom is -0.493 e. The molecule has 3 aromatic rings. The number of amides is 1. The number of alkyl halides is 3. The Kier molecular flexibility index (Phi) is 9.90. The van der Waals surface area contributed by atoms with E-state index < -0.39 is 34.3 Å². The van der Waals surface area contributed by atoms with Crippen LogP contribution in [0, 0.1) is 33.5 Å². The first-order chi connectivity index (χ1) is 27.5. The summed E-state index contributed by atoms with van der Waals surface area (Å²) in [5.41, 5.74) is -0.831. The highest BCUT2D eigenvalue weighted by atomic mass is 19.4. The molecule has 2 bridgehead atoms. The van der Waals surface area contributed by atoms with Crippen molar-refractivity contribution in [3.05, 3.63) is 113 Å². The minimum atomic E-state index is -4.84. The van der Waals surface area contributed by atoms with Gasteiger partial charge in [0, 0.05) is 33.9 Å². The SMILES string of the molecule is COc1ccc(CC(=O)N(Cc2ccc(OC(F)(F)F)cc2)C[C@]2(O)CC[C@H]3[C@]45C=C[C@@]6(C=C4C(=O)c4ccccc4)CC(O)CC[C@]6(C)[C@H]5CC[C@@]32C)cc1OC. The number of rotatable bonds is 11. The molecule has 0 heterocycles. The average Bonchev–Trinajstić information content (AvgIpc) is 3.47. The second kappa shape index (κ2) is 14.3. The first kappa shape index (κ1) is 40.2. The third-order valence-electron chi connectivity index (χ3n) is 15.1. The summed E-state index contributed by atoms with van der Waals surface area (Å²) in [4.78, 5) is 30.9. The number of carbonyl (C=O) groups excluding carboxylic acids is 2. The van der Waals surface area contributed by atoms with Crippen LogP contribution >= 0.6 is 0 Å². The molecule has 0 aliphatic heterocycles. The van der Waals surface area contributed by atoms with Gasteiger partial charge in [0.25, 0.3) is 0 Å². The fourth-order valence-corrected chi connectivity index (χ4v) is 12.2. The molecule has 6 aliphatic rings. The Morgan fingerprint density at radius 3 is 2.17 bits per heavy atom. The molecule has 0 radical (unpaired) electrons. The van der Waals surface area contributed by atoms with Crippen molar-refractivity contribution in [3.8, 4) is 17.2 Å². The van der Waals surface area contributed by atoms with Crippen LogP contribution in [0.15, 0.2) is 96.6 Å². The van der Waals surface area contributed by atoms with Crippen LogP contribution in [0.2, 0.25) is 0 Å². The fourth-order valence-electron chi connectivity index (χ4n) is 12.2. The fraction of sp³-hybridized carbons (Fsp3) is 0.489. The van der Waals surface area contributed by atoms with Crippen LogP contribution in [0.25, 0.3) is 0 Å². The normalized spacial score (nSPS) is 33.3. The van der Waals surface area contributed by atoms with E-state index in [0.717, 1.165) is 18.4 Å². The van der Waals surface area contributed by atoms with E-state index in [2.05, 4.69) is 36.8 Å². The van der Waals surface area contributed by atoms with E-state index in [1.54, 1.807) is 23.1 Å². The minimum absolute atomic E-state index is 0.0174. The predicted molar refractivity (Wildman–Crippen MR) is 211 cm³/mol. The first-order valence-electron chi connectivity index (χ1n) is 20.3. The molecule has 2 N–H and O–H groups in total. The van der Waals surface area contributed by atoms with E-state index in [0.29, 0.717) is 60.3 Å². The summed E-state index contributed by atoms with van der Waals surface area (Å²) in [6.07, 6.45) is 5.93. The topological polar surface area (TPSA) is 106 Å². The van der Waals surface area contributed by atoms with Crippen molar-refractivity contribution in [2.75, 3.05) is 20.8 Å². The van der Waals surface area contributed by atoms with Gasteiger partial charge in [-0.3, -0.25) is 9.59 Å². The highest BCUT2D eigenvalue weighted by Crippen LogP contribution is 2.78. The largest absolute Gasteiger partial charge is 0.573 e. The maximum atomic E-state index is 14.8. The molecule has 9 rings (SSSR count). The Hall–Kier alpha value is -4.61. The van der Waals surface area contributed by atoms with Gasteiger partial charge >= 0.3 is 6.36 Å². The van der Waals surface area contributed by atoms with E-state index in [1.165, 1.54) is 38.5 Å². The average molecular weight is 800 g/mol. The molecule has 1 amide bonds. The standard InChI is InChI=1S/C47H52F3NO7/c1-42-19-16-33(52)26-44(42)22-23-46(35(27-44)41(54)32-8-6-5-7-9-32)38(42)17-20-43(2)39(46)18-21-45(43,55)29-51(28-30-10-13-34(14-11-30)58-47(48,49)50)40(53)25-31-12-15-36(56-3)37(24-31)57-4/h5-15,22-24,27,33,38-39,52,55H,16-21,25-26,28-29H2,1-4H3/t33?,38-,39-,42-,43+,44+,45-,46-/m1/s1. The van der Waals surface area contributed by atoms with Gasteiger partial charge in [-0.1, -0.05) is 80.6 Å². The summed E-state index contributed by atoms with van der Waals surface area (Å²) in [5.74, 6) is 0.275. The monoisotopic (exact) mass is 799 g/mol. The number of ketones is 1. The summed E-state index contributed by atoms with van der Waals surface area (Å²) in [7, 11) is 3.05. The smallest absolute Gasteiger partial charge is 0.493 e. The molecule has 1 unspecified atom stereocenters. The molecule has 8 atom stereocenters. The van der Waals surface area contributed by atoms with Gasteiger partial charge in [-0.2, -0.15) is 0 Å². The Morgan fingerprint density at radius 1 is 0.828 bits per heavy atom. The van der Waals surface area contributed by atoms with Crippen molar-refractivity contribution in [2.45, 2.75) is 89.8 Å². The van der Waals surface area contributed by atoms with Crippen molar-refractivity contribution in [3.63, 3.8) is 0 Å². The lowest BCUT2D eigenvalue weighted by molar-refractivity contribution is -0.274. The molecule has 11 heteroatoms. The molecule has 0 aromatic heterocycles. The maximum Gasteiger partial charge on any atom is 0.573 e. The maximum absolute atomic E-state index is 14.8. The van der Waals surface area contributed by atoms with Crippen molar-refractivity contribution in [1.29, 1.82) is 0 Å². The zero-order valence-electron chi connectivity index (χ0n) is 33.5. The van der Waals surface area contributed by atoms with Gasteiger partial charge in [0.05, 0.1) is 38.9 Å². The number of aliphatic hydroxyl groups is 2. The van der Waals surface area contributed by atoms with E-state index >= 15 is 0 Å². The van der Waals surface area contributed by atoms with Gasteiger partial charge in [-0.05, 0) is 97.6 Å². The Labute approximate surface area is 337 Å². The summed E-state index contributed by atoms with van der Waals surface area (Å²) >= 11 is 0. The number of benzene rings is 3. The molecule has 6 aliphatic carbocycles. The number of nitrogens with zero attached hydrogens (tertiary/aromatic N) is 1. The van der Waals surface area contributed by atoms with E-state index in [1.807, 2.05) is 30.3 Å². The van der Waals surface area contributed by atoms with Gasteiger partial charge in [-0.15, -0.1) is 13.2 Å². The van der Waals surface area contributed by atoms with Crippen LogP contribution in [0.3, 0.4) is 0 Å². The zero-order chi connectivity index (χ0) is 41.3. The Morgan fingerprint density at radius 2 is 1.48 bits per heavy atom. The number of hydrogen-bond acceptors (Lipinski definition) is 7. The molecule has 3 aromatic carbocycles. The van der Waals surface area contributed by atoms with Crippen LogP contribution in [-0.2, 0) is 17.8 Å². The van der Waals surface area contributed by atoms with E-state index in [4.69, 9.17) is 9.47 Å². The summed E-state index contributed by atoms with van der Waals surface area (Å²) < 4.78 is 53.9. The van der Waals surface area contributed by atoms with Crippen molar-refractivity contribution >= 4 is 11.7 Å². The predicted octanol–water partition coefficient (Wildman–Crippen LogP) is 8.65. The number of fused-ring (bicyclic) bond motifs is 1. The lowest BCUT2D eigenvalue weighted by Gasteiger charge is -2.71. The lowest BCUT2D eigenvalue weighted by Crippen LogP contribution is -2.67. The molecular weight excluding hydrogens is 748 g/mol. The molecule has 2 spiro atoms. The Balaban J connectivity index is 1.16. The molecule has 8 nitrogen and oxygen atoms in total. The van der Waals surface area contributed by atoms with E-state index in [-0.39, 0.29) is 54.2 Å². The van der Waals surface area contributed by atoms with Crippen LogP contribution in [0.1, 0.15) is 80.3 Å². The van der Waals surface area contributed by atoms with Crippen LogP contribution < -0.4 is 14.2 Å². The van der Waals surface area contributed by atoms with Crippen LogP contribution in [0.4, 0.5) is 13.2 Å². The van der Waals surface area contributed by atoms with Gasteiger partial charge in [-0.25, -0.2) is 0 Å². The number of methoxy groups -OCH3 is 2. The second-order valence-corrected chi connectivity index (χ2v) is 17.8. The number of Topliss-reactive ketones (excluding diaryl/α,β-unsaturated/α-hetero) is 1. The van der Waals surface area contributed by atoms with Gasteiger partial charge in [0.1, 0.15) is 5.75 Å². The van der Waals surface area contributed by atoms with E-state index in [9.17, 15) is 33.0 Å². The number of allylic oxidation sites excluding steroid dienone is 4. The second-order valence-electron chi connectivity index (χ2n) is 17.8. The molecular formula is C47H52F3NO7. The van der Waals surface area contributed by atoms with Crippen molar-refractivity contribution in [1.82, 2.24) is 4.90 Å². The number of halogens is 3. The zero-order valence-corrected chi connectivity index (χ0v) is 33.5. The number of ether oxygens (including phenoxy) is 3. The van der Waals surface area contributed by atoms with Gasteiger partial charge in [0.2, 0.25) is 5.91 Å². The highest BCUT2D eigenvalue weighted by Gasteiger charge is 2.74. The quantitative estimate of drug-likeness (QED) is 0.148. The number of carbonyl (C=O) groups is 2. The van der Waals surface area contributed by atoms with Gasteiger partial charge < -0.3 is 29.3 Å². The molecule has 0 saturated heterocycles. The van der Waals surface area contributed by atoms with Crippen molar-refractivity contribution < 1.29 is 47.2 Å². The van der Waals surface area contributed by atoms with Crippen LogP contribution in [0.5, 0.6) is 17.2 Å². The lowest BCUT2D eigenvalue weighted by atomic mass is 9.32. The molecule has 3 saturated carbocycles. The Bertz CT molecular complexity index is 2140. The number of hydrogen-bond donors (Lipinski definition) is 2. The van der Waals surface area contributed by atoms with Crippen LogP contribution in [-0.4, -0.2) is 65.6 Å².